The monoisotopic (exact) mass is 349 g/mol. The summed E-state index contributed by atoms with van der Waals surface area (Å²) in [4.78, 5) is 10.4. The first-order chi connectivity index (χ1) is 15.7. The summed E-state index contributed by atoms with van der Waals surface area (Å²) in [6, 6.07) is 0. The van der Waals surface area contributed by atoms with Crippen LogP contribution in [0.2, 0.25) is 0 Å². The maximum atomic E-state index is 10.4. The maximum absolute atomic E-state index is 10.4. The number of hydrogen-bond acceptors (Lipinski definition) is 3. The zero-order valence-electron chi connectivity index (χ0n) is 24.6. The molecule has 0 saturated heterocycles. The lowest BCUT2D eigenvalue weighted by Crippen LogP contribution is -2.25. The molecule has 0 radical (unpaired) electrons. The molecule has 4 nitrogen and oxygen atoms in total. The minimum atomic E-state index is -3.89. The van der Waals surface area contributed by atoms with Crippen molar-refractivity contribution in [2.75, 3.05) is 0 Å². The van der Waals surface area contributed by atoms with Gasteiger partial charge in [0.05, 0.1) is 12.2 Å². The van der Waals surface area contributed by atoms with Crippen molar-refractivity contribution in [3.8, 4) is 0 Å². The molecule has 0 aromatic carbocycles. The molecular weight excluding hydrogens is 304 g/mol. The first kappa shape index (κ1) is 9.93. The van der Waals surface area contributed by atoms with Gasteiger partial charge in [0.1, 0.15) is 0 Å². The van der Waals surface area contributed by atoms with E-state index in [9.17, 15) is 15.0 Å². The molecule has 0 aliphatic rings. The van der Waals surface area contributed by atoms with Gasteiger partial charge in [-0.2, -0.15) is 0 Å². The number of allylic oxidation sites excluding steroid dienone is 5. The average Bonchev–Trinajstić information content (AvgIpc) is 2.72. The normalized spacial score (nSPS) is 24.5. The molecule has 2 atom stereocenters. The summed E-state index contributed by atoms with van der Waals surface area (Å²) >= 11 is 0. The van der Waals surface area contributed by atoms with Gasteiger partial charge in [0.15, 0.2) is 0 Å². The molecule has 4 heteroatoms. The third-order valence-corrected chi connectivity index (χ3v) is 2.89. The first-order valence-corrected chi connectivity index (χ1v) is 7.78. The summed E-state index contributed by atoms with van der Waals surface area (Å²) in [5, 5.41) is 28.9. The molecule has 138 valence electrons. The molecule has 0 heterocycles. The van der Waals surface area contributed by atoms with E-state index < -0.39 is 50.5 Å². The van der Waals surface area contributed by atoms with Gasteiger partial charge in [-0.15, -0.1) is 0 Å². The van der Waals surface area contributed by atoms with E-state index in [-0.39, 0.29) is 12.8 Å². The minimum Gasteiger partial charge on any atom is -0.481 e. The van der Waals surface area contributed by atoms with Gasteiger partial charge in [0.2, 0.25) is 0 Å². The Morgan fingerprint density at radius 1 is 1.04 bits per heavy atom. The molecule has 0 aliphatic carbocycles. The second kappa shape index (κ2) is 16.5. The van der Waals surface area contributed by atoms with Gasteiger partial charge in [-0.1, -0.05) is 62.4 Å². The van der Waals surface area contributed by atoms with Crippen LogP contribution in [0, 0.1) is 0 Å². The summed E-state index contributed by atoms with van der Waals surface area (Å²) in [6.45, 7) is -3.62. The molecule has 3 N–H and O–H groups in total. The Labute approximate surface area is 162 Å². The number of carboxylic acids is 1. The number of aliphatic hydroxyl groups is 2. The Morgan fingerprint density at radius 2 is 1.71 bits per heavy atom. The fourth-order valence-corrected chi connectivity index (χ4v) is 1.63. The highest BCUT2D eigenvalue weighted by atomic mass is 16.4. The van der Waals surface area contributed by atoms with Gasteiger partial charge in [-0.3, -0.25) is 4.79 Å². The molecule has 0 amide bonds. The molecule has 0 rings (SSSR count). The number of unbranched alkanes of at least 4 members (excludes halogenated alkanes) is 1. The van der Waals surface area contributed by atoms with Crippen LogP contribution in [0.5, 0.6) is 0 Å². The van der Waals surface area contributed by atoms with Crippen LogP contribution in [0.3, 0.4) is 0 Å². The molecule has 0 aromatic heterocycles. The lowest BCUT2D eigenvalue weighted by atomic mass is 10.0. The zero-order chi connectivity index (χ0) is 27.7. The Hall–Kier alpha value is -1.39. The van der Waals surface area contributed by atoms with Crippen LogP contribution in [0.15, 0.2) is 36.5 Å². The van der Waals surface area contributed by atoms with Crippen molar-refractivity contribution >= 4 is 5.97 Å². The number of aliphatic hydroxyl groups excluding tert-OH is 2. The number of carboxylic acid groups (broad SMARTS) is 1. The molecule has 0 aliphatic heterocycles. The van der Waals surface area contributed by atoms with Gasteiger partial charge in [-0.25, -0.2) is 0 Å². The van der Waals surface area contributed by atoms with E-state index in [0.29, 0.717) is 25.7 Å². The fraction of sp³-hybridized carbons (Fsp3) is 0.650. The third kappa shape index (κ3) is 15.5. The Balaban J connectivity index is 4.94. The summed E-state index contributed by atoms with van der Waals surface area (Å²) in [5.74, 6) is -0.838. The predicted molar refractivity (Wildman–Crippen MR) is 98.9 cm³/mol. The molecule has 0 bridgehead atoms. The van der Waals surface area contributed by atoms with Crippen LogP contribution in [0.1, 0.15) is 85.9 Å². The summed E-state index contributed by atoms with van der Waals surface area (Å²) in [7, 11) is 0. The molecule has 24 heavy (non-hydrogen) atoms. The van der Waals surface area contributed by atoms with E-state index >= 15 is 0 Å². The van der Waals surface area contributed by atoms with Crippen molar-refractivity contribution in [3.05, 3.63) is 36.5 Å². The van der Waals surface area contributed by atoms with Crippen LogP contribution in [0.25, 0.3) is 0 Å². The maximum Gasteiger partial charge on any atom is 0.303 e. The van der Waals surface area contributed by atoms with E-state index in [1.807, 2.05) is 18.2 Å². The van der Waals surface area contributed by atoms with Crippen molar-refractivity contribution in [3.63, 3.8) is 0 Å². The lowest BCUT2D eigenvalue weighted by Gasteiger charge is -2.15. The van der Waals surface area contributed by atoms with E-state index in [2.05, 4.69) is 0 Å². The van der Waals surface area contributed by atoms with Crippen molar-refractivity contribution in [1.82, 2.24) is 0 Å². The predicted octanol–water partition coefficient (Wildman–Crippen LogP) is 4.38. The third-order valence-electron chi connectivity index (χ3n) is 2.89. The molecule has 0 aromatic rings. The number of rotatable bonds is 15. The number of hydrogen-bond donors (Lipinski definition) is 3. The van der Waals surface area contributed by atoms with Crippen molar-refractivity contribution in [1.29, 1.82) is 0 Å². The van der Waals surface area contributed by atoms with Gasteiger partial charge in [0, 0.05) is 21.5 Å². The lowest BCUT2D eigenvalue weighted by molar-refractivity contribution is -0.137. The molecule has 0 spiro atoms. The Bertz CT molecular complexity index is 759. The van der Waals surface area contributed by atoms with E-state index in [4.69, 9.17) is 20.2 Å². The second-order valence-corrected chi connectivity index (χ2v) is 4.94. The number of carbonyl (C=O) groups is 1. The summed E-state index contributed by atoms with van der Waals surface area (Å²) in [5.41, 5.74) is 0. The molecule has 0 unspecified atom stereocenters. The van der Waals surface area contributed by atoms with Gasteiger partial charge in [0.25, 0.3) is 0 Å². The second-order valence-electron chi connectivity index (χ2n) is 4.94. The van der Waals surface area contributed by atoms with Gasteiger partial charge >= 0.3 is 5.97 Å². The topological polar surface area (TPSA) is 77.8 Å². The van der Waals surface area contributed by atoms with Crippen LogP contribution in [0.4, 0.5) is 0 Å². The molecular formula is C20H34O4. The Morgan fingerprint density at radius 3 is 2.38 bits per heavy atom. The highest BCUT2D eigenvalue weighted by Crippen LogP contribution is 2.10. The summed E-state index contributed by atoms with van der Waals surface area (Å²) < 4.78 is 83.7. The van der Waals surface area contributed by atoms with Gasteiger partial charge in [-0.05, 0) is 38.5 Å². The van der Waals surface area contributed by atoms with E-state index in [0.717, 1.165) is 0 Å². The van der Waals surface area contributed by atoms with Crippen LogP contribution in [-0.4, -0.2) is 33.5 Å². The quantitative estimate of drug-likeness (QED) is 0.303. The van der Waals surface area contributed by atoms with E-state index in [1.54, 1.807) is 12.2 Å². The SMILES string of the molecule is [2H]C([2H])([2H])C([2H])([2H])C([2H])([2H])C([2H])([2H])C([2H])([2H])[C@@H](O)[C@H](O)C/C=C\C/C=C\C/C=C\CCCC(=O)O. The Kier molecular flexibility index (Phi) is 6.81. The largest absolute Gasteiger partial charge is 0.481 e. The van der Waals surface area contributed by atoms with E-state index in [1.165, 1.54) is 6.08 Å². The minimum absolute atomic E-state index is 0.113. The standard InChI is InChI=1S/C20H34O4/c1-2-3-12-15-18(21)19(22)16-13-10-8-6-4-5-7-9-11-14-17-20(23)24/h4,6-7,9-10,13,18-19,21-22H,2-3,5,8,11-12,14-17H2,1H3,(H,23,24)/b6-4-,9-7-,13-10-/t18-,19-/m1/s1/i1D3,2D2,3D2,12D2,15D2. The van der Waals surface area contributed by atoms with Crippen LogP contribution in [-0.2, 0) is 4.79 Å². The highest BCUT2D eigenvalue weighted by Gasteiger charge is 2.13. The number of aliphatic carboxylic acids is 1. The van der Waals surface area contributed by atoms with Crippen molar-refractivity contribution in [2.24, 2.45) is 0 Å². The summed E-state index contributed by atoms with van der Waals surface area (Å²) in [6.07, 6.45) is -6.92. The zero-order valence-corrected chi connectivity index (χ0v) is 13.6. The van der Waals surface area contributed by atoms with Gasteiger partial charge < -0.3 is 15.3 Å². The molecule has 0 fully saturated rings. The highest BCUT2D eigenvalue weighted by molar-refractivity contribution is 5.66. The fourth-order valence-electron chi connectivity index (χ4n) is 1.63. The van der Waals surface area contributed by atoms with Crippen LogP contribution < -0.4 is 0 Å². The van der Waals surface area contributed by atoms with Crippen LogP contribution >= 0.6 is 0 Å². The smallest absolute Gasteiger partial charge is 0.303 e. The average molecular weight is 350 g/mol. The van der Waals surface area contributed by atoms with Crippen molar-refractivity contribution < 1.29 is 35.2 Å². The van der Waals surface area contributed by atoms with Crippen molar-refractivity contribution in [2.45, 2.75) is 83.1 Å². The first-order valence-electron chi connectivity index (χ1n) is 13.3. The molecule has 0 saturated carbocycles.